The lowest BCUT2D eigenvalue weighted by molar-refractivity contribution is -0.870. The van der Waals surface area contributed by atoms with Crippen LogP contribution in [0.3, 0.4) is 0 Å². The summed E-state index contributed by atoms with van der Waals surface area (Å²) in [5.74, 6) is -0.182. The van der Waals surface area contributed by atoms with E-state index in [2.05, 4.69) is 31.3 Å². The maximum atomic E-state index is 12.8. The zero-order chi connectivity index (χ0) is 39.3. The predicted molar refractivity (Wildman–Crippen MR) is 226 cm³/mol. The number of quaternary nitrogens is 1. The molecule has 0 aromatic rings. The molecule has 0 heterocycles. The van der Waals surface area contributed by atoms with Gasteiger partial charge in [0.15, 0.2) is 0 Å². The molecule has 0 aliphatic carbocycles. The number of nitrogens with zero attached hydrogens (tertiary/aromatic N) is 1. The topological polar surface area (TPSA) is 105 Å². The summed E-state index contributed by atoms with van der Waals surface area (Å²) in [6.45, 7) is 4.80. The number of phosphoric acid groups is 1. The zero-order valence-corrected chi connectivity index (χ0v) is 36.4. The number of aliphatic hydroxyl groups is 1. The third-order valence-corrected chi connectivity index (χ3v) is 10.9. The number of unbranched alkanes of at least 4 members (excludes halogenated alkanes) is 25. The normalized spacial score (nSPS) is 14.6. The van der Waals surface area contributed by atoms with Gasteiger partial charge in [0, 0.05) is 6.42 Å². The number of aliphatic hydroxyl groups excluding tert-OH is 1. The quantitative estimate of drug-likeness (QED) is 0.0248. The van der Waals surface area contributed by atoms with E-state index < -0.39 is 20.0 Å². The Balaban J connectivity index is 4.44. The third kappa shape index (κ3) is 39.0. The molecule has 0 aromatic heterocycles. The minimum atomic E-state index is -4.33. The molecule has 0 aliphatic rings. The molecule has 3 N–H and O–H groups in total. The van der Waals surface area contributed by atoms with Crippen LogP contribution in [0.25, 0.3) is 0 Å². The summed E-state index contributed by atoms with van der Waals surface area (Å²) in [6, 6.07) is -0.844. The molecule has 0 bridgehead atoms. The van der Waals surface area contributed by atoms with Crippen LogP contribution in [0.1, 0.15) is 200 Å². The number of nitrogens with one attached hydrogen (secondary N) is 1. The molecule has 0 aromatic carbocycles. The molecule has 53 heavy (non-hydrogen) atoms. The minimum Gasteiger partial charge on any atom is -0.387 e. The van der Waals surface area contributed by atoms with Crippen molar-refractivity contribution < 1.29 is 32.9 Å². The maximum absolute atomic E-state index is 12.8. The minimum absolute atomic E-state index is 0.0617. The lowest BCUT2D eigenvalue weighted by atomic mass is 10.0. The fraction of sp³-hybridized carbons (Fsp3) is 0.886. The number of carbonyl (C=O) groups excluding carboxylic acids is 1. The molecule has 9 heteroatoms. The second-order valence-electron chi connectivity index (χ2n) is 16.4. The van der Waals surface area contributed by atoms with Crippen LogP contribution in [0.15, 0.2) is 24.3 Å². The Morgan fingerprint density at radius 1 is 0.623 bits per heavy atom. The SMILES string of the molecule is CCCCCC/C=C\CCCCCCCCCC(=O)NC(COP(=O)(O)OCC[N+](C)(C)C)C(O)/C=C/CCCCCCCCCCCCCCCC. The molecule has 0 aliphatic heterocycles. The number of amides is 1. The van der Waals surface area contributed by atoms with Gasteiger partial charge < -0.3 is 19.8 Å². The van der Waals surface area contributed by atoms with E-state index in [0.29, 0.717) is 17.4 Å². The maximum Gasteiger partial charge on any atom is 0.472 e. The Morgan fingerprint density at radius 3 is 1.47 bits per heavy atom. The van der Waals surface area contributed by atoms with Gasteiger partial charge in [0.1, 0.15) is 13.2 Å². The second kappa shape index (κ2) is 36.6. The molecule has 0 saturated heterocycles. The smallest absolute Gasteiger partial charge is 0.387 e. The number of likely N-dealkylation sites (N-methyl/N-ethyl adjacent to an activating group) is 1. The van der Waals surface area contributed by atoms with Gasteiger partial charge in [-0.3, -0.25) is 13.8 Å². The molecule has 0 rings (SSSR count). The van der Waals surface area contributed by atoms with Crippen LogP contribution in [-0.4, -0.2) is 73.4 Å². The van der Waals surface area contributed by atoms with Gasteiger partial charge in [0.2, 0.25) is 5.91 Å². The summed E-state index contributed by atoms with van der Waals surface area (Å²) >= 11 is 0. The first kappa shape index (κ1) is 52.0. The van der Waals surface area contributed by atoms with Crippen LogP contribution in [0.5, 0.6) is 0 Å². The number of carbonyl (C=O) groups is 1. The van der Waals surface area contributed by atoms with Gasteiger partial charge in [-0.2, -0.15) is 0 Å². The van der Waals surface area contributed by atoms with E-state index in [0.717, 1.165) is 38.5 Å². The largest absolute Gasteiger partial charge is 0.472 e. The summed E-state index contributed by atoms with van der Waals surface area (Å²) in [5, 5.41) is 13.8. The number of hydrogen-bond donors (Lipinski definition) is 3. The summed E-state index contributed by atoms with van der Waals surface area (Å²) in [7, 11) is 1.57. The van der Waals surface area contributed by atoms with Gasteiger partial charge in [-0.15, -0.1) is 0 Å². The highest BCUT2D eigenvalue weighted by Crippen LogP contribution is 2.43. The molecule has 3 atom stereocenters. The molecule has 3 unspecified atom stereocenters. The van der Waals surface area contributed by atoms with Crippen molar-refractivity contribution in [3.63, 3.8) is 0 Å². The van der Waals surface area contributed by atoms with Gasteiger partial charge in [-0.1, -0.05) is 173 Å². The van der Waals surface area contributed by atoms with Crippen LogP contribution in [-0.2, 0) is 18.4 Å². The van der Waals surface area contributed by atoms with Crippen LogP contribution < -0.4 is 5.32 Å². The average Bonchev–Trinajstić information content (AvgIpc) is 3.10. The predicted octanol–water partition coefficient (Wildman–Crippen LogP) is 12.1. The molecule has 0 fully saturated rings. The summed E-state index contributed by atoms with van der Waals surface area (Å²) in [6.07, 6.45) is 42.3. The average molecular weight is 772 g/mol. The highest BCUT2D eigenvalue weighted by atomic mass is 31.2. The van der Waals surface area contributed by atoms with Crippen molar-refractivity contribution in [2.75, 3.05) is 40.9 Å². The highest BCUT2D eigenvalue weighted by Gasteiger charge is 2.27. The van der Waals surface area contributed by atoms with Crippen molar-refractivity contribution in [2.45, 2.75) is 212 Å². The van der Waals surface area contributed by atoms with E-state index in [9.17, 15) is 19.4 Å². The van der Waals surface area contributed by atoms with E-state index in [1.165, 1.54) is 141 Å². The Labute approximate surface area is 328 Å². The lowest BCUT2D eigenvalue weighted by Gasteiger charge is -2.25. The molecule has 314 valence electrons. The molecule has 8 nitrogen and oxygen atoms in total. The fourth-order valence-electron chi connectivity index (χ4n) is 6.33. The number of hydrogen-bond acceptors (Lipinski definition) is 5. The van der Waals surface area contributed by atoms with Crippen LogP contribution >= 0.6 is 7.82 Å². The first-order valence-corrected chi connectivity index (χ1v) is 23.7. The van der Waals surface area contributed by atoms with Gasteiger partial charge >= 0.3 is 7.82 Å². The van der Waals surface area contributed by atoms with Crippen LogP contribution in [0.2, 0.25) is 0 Å². The summed E-state index contributed by atoms with van der Waals surface area (Å²) in [5.41, 5.74) is 0. The van der Waals surface area contributed by atoms with Crippen molar-refractivity contribution in [2.24, 2.45) is 0 Å². The van der Waals surface area contributed by atoms with Crippen molar-refractivity contribution in [1.29, 1.82) is 0 Å². The van der Waals surface area contributed by atoms with E-state index in [-0.39, 0.29) is 19.1 Å². The van der Waals surface area contributed by atoms with Crippen LogP contribution in [0.4, 0.5) is 0 Å². The molecule has 0 spiro atoms. The Kier molecular flexibility index (Phi) is 35.9. The van der Waals surface area contributed by atoms with Crippen LogP contribution in [0, 0.1) is 0 Å². The van der Waals surface area contributed by atoms with E-state index in [4.69, 9.17) is 9.05 Å². The molecule has 0 saturated carbocycles. The van der Waals surface area contributed by atoms with Gasteiger partial charge in [0.25, 0.3) is 0 Å². The van der Waals surface area contributed by atoms with E-state index >= 15 is 0 Å². The molecular weight excluding hydrogens is 683 g/mol. The first-order valence-electron chi connectivity index (χ1n) is 22.2. The van der Waals surface area contributed by atoms with Crippen molar-refractivity contribution in [1.82, 2.24) is 5.32 Å². The fourth-order valence-corrected chi connectivity index (χ4v) is 7.07. The highest BCUT2D eigenvalue weighted by molar-refractivity contribution is 7.47. The Bertz CT molecular complexity index is 922. The van der Waals surface area contributed by atoms with E-state index in [1.54, 1.807) is 6.08 Å². The lowest BCUT2D eigenvalue weighted by Crippen LogP contribution is -2.45. The van der Waals surface area contributed by atoms with Crippen molar-refractivity contribution >= 4 is 13.7 Å². The third-order valence-electron chi connectivity index (χ3n) is 9.92. The second-order valence-corrected chi connectivity index (χ2v) is 17.9. The Hall–Kier alpha value is -1.02. The monoisotopic (exact) mass is 772 g/mol. The summed E-state index contributed by atoms with van der Waals surface area (Å²) in [4.78, 5) is 23.1. The van der Waals surface area contributed by atoms with Crippen molar-refractivity contribution in [3.8, 4) is 0 Å². The summed E-state index contributed by atoms with van der Waals surface area (Å²) < 4.78 is 23.5. The van der Waals surface area contributed by atoms with Crippen molar-refractivity contribution in [3.05, 3.63) is 24.3 Å². The molecule has 0 radical (unpaired) electrons. The van der Waals surface area contributed by atoms with E-state index in [1.807, 2.05) is 27.2 Å². The molecular formula is C44H88N2O6P+. The zero-order valence-electron chi connectivity index (χ0n) is 35.5. The van der Waals surface area contributed by atoms with Gasteiger partial charge in [-0.05, 0) is 44.9 Å². The number of allylic oxidation sites excluding steroid dienone is 3. The van der Waals surface area contributed by atoms with Gasteiger partial charge in [-0.25, -0.2) is 4.57 Å². The standard InChI is InChI=1S/C44H87N2O6P/c1-6-8-10-12-14-16-18-20-22-24-25-27-29-31-33-35-37-43(47)42(41-52-53(49,50)51-40-39-46(3,4)5)45-44(48)38-36-34-32-30-28-26-23-21-19-17-15-13-11-9-7-2/h17,19,35,37,42-43,47H,6-16,18,20-34,36,38-41H2,1-5H3,(H-,45,48,49,50)/p+1/b19-17-,37-35+. The first-order chi connectivity index (χ1) is 25.5. The molecule has 1 amide bonds. The number of rotatable bonds is 40. The Morgan fingerprint density at radius 2 is 1.02 bits per heavy atom. The number of phosphoric ester groups is 1. The van der Waals surface area contributed by atoms with Gasteiger partial charge in [0.05, 0.1) is 39.9 Å².